The molecule has 1 aromatic carbocycles. The molecule has 0 aliphatic heterocycles. The molecule has 0 saturated heterocycles. The van der Waals surface area contributed by atoms with Gasteiger partial charge in [0.15, 0.2) is 0 Å². The topological polar surface area (TPSA) is 83.8 Å². The van der Waals surface area contributed by atoms with E-state index >= 15 is 0 Å². The molecule has 0 atom stereocenters. The van der Waals surface area contributed by atoms with E-state index in [2.05, 4.69) is 4.89 Å². The Bertz CT molecular complexity index is 425. The van der Waals surface area contributed by atoms with Crippen LogP contribution < -0.4 is 0 Å². The SMILES string of the molecule is CCCCc1cccc(C(=O)OO)c1C(=O)O. The molecule has 0 fully saturated rings. The van der Waals surface area contributed by atoms with Crippen LogP contribution >= 0.6 is 0 Å². The van der Waals surface area contributed by atoms with E-state index in [-0.39, 0.29) is 11.1 Å². The van der Waals surface area contributed by atoms with Crippen LogP contribution in [-0.4, -0.2) is 22.3 Å². The number of carboxylic acid groups (broad SMARTS) is 1. The first-order valence-corrected chi connectivity index (χ1v) is 5.32. The van der Waals surface area contributed by atoms with Gasteiger partial charge in [0, 0.05) is 0 Å². The van der Waals surface area contributed by atoms with E-state index in [4.69, 9.17) is 10.4 Å². The number of carboxylic acids is 1. The molecule has 0 amide bonds. The summed E-state index contributed by atoms with van der Waals surface area (Å²) in [5.41, 5.74) is 0.343. The van der Waals surface area contributed by atoms with Crippen molar-refractivity contribution in [3.63, 3.8) is 0 Å². The number of rotatable bonds is 5. The van der Waals surface area contributed by atoms with Crippen LogP contribution in [0.4, 0.5) is 0 Å². The molecule has 5 nitrogen and oxygen atoms in total. The van der Waals surface area contributed by atoms with Crippen molar-refractivity contribution in [1.29, 1.82) is 0 Å². The van der Waals surface area contributed by atoms with Gasteiger partial charge in [0.25, 0.3) is 0 Å². The van der Waals surface area contributed by atoms with Gasteiger partial charge in [0.05, 0.1) is 11.1 Å². The highest BCUT2D eigenvalue weighted by molar-refractivity contribution is 6.03. The molecule has 0 saturated carbocycles. The van der Waals surface area contributed by atoms with Crippen LogP contribution in [-0.2, 0) is 11.3 Å². The van der Waals surface area contributed by atoms with Crippen LogP contribution in [0, 0.1) is 0 Å². The van der Waals surface area contributed by atoms with Crippen molar-refractivity contribution in [2.24, 2.45) is 0 Å². The number of benzene rings is 1. The van der Waals surface area contributed by atoms with Crippen LogP contribution in [0.3, 0.4) is 0 Å². The summed E-state index contributed by atoms with van der Waals surface area (Å²) in [6.07, 6.45) is 2.33. The summed E-state index contributed by atoms with van der Waals surface area (Å²) in [6, 6.07) is 4.55. The Kier molecular flexibility index (Phi) is 4.66. The van der Waals surface area contributed by atoms with E-state index in [1.807, 2.05) is 6.92 Å². The number of hydrogen-bond acceptors (Lipinski definition) is 4. The molecule has 0 aliphatic carbocycles. The third-order valence-corrected chi connectivity index (χ3v) is 2.47. The van der Waals surface area contributed by atoms with Gasteiger partial charge in [-0.15, -0.1) is 0 Å². The Morgan fingerprint density at radius 2 is 2.06 bits per heavy atom. The molecular weight excluding hydrogens is 224 g/mol. The predicted octanol–water partition coefficient (Wildman–Crippen LogP) is 2.36. The predicted molar refractivity (Wildman–Crippen MR) is 60.1 cm³/mol. The van der Waals surface area contributed by atoms with Crippen molar-refractivity contribution in [3.8, 4) is 0 Å². The Labute approximate surface area is 98.6 Å². The first kappa shape index (κ1) is 13.2. The molecule has 0 radical (unpaired) electrons. The lowest BCUT2D eigenvalue weighted by molar-refractivity contribution is -0.182. The highest BCUT2D eigenvalue weighted by Gasteiger charge is 2.21. The third-order valence-electron chi connectivity index (χ3n) is 2.47. The maximum absolute atomic E-state index is 11.2. The lowest BCUT2D eigenvalue weighted by Crippen LogP contribution is -2.13. The third kappa shape index (κ3) is 3.04. The second-order valence-corrected chi connectivity index (χ2v) is 3.63. The van der Waals surface area contributed by atoms with Gasteiger partial charge in [-0.1, -0.05) is 25.5 Å². The monoisotopic (exact) mass is 238 g/mol. The first-order valence-electron chi connectivity index (χ1n) is 5.32. The molecule has 0 unspecified atom stereocenters. The zero-order chi connectivity index (χ0) is 12.8. The maximum Gasteiger partial charge on any atom is 0.373 e. The average Bonchev–Trinajstić information content (AvgIpc) is 2.34. The van der Waals surface area contributed by atoms with Gasteiger partial charge in [-0.25, -0.2) is 9.59 Å². The molecule has 5 heteroatoms. The van der Waals surface area contributed by atoms with Crippen molar-refractivity contribution in [2.75, 3.05) is 0 Å². The highest BCUT2D eigenvalue weighted by Crippen LogP contribution is 2.18. The summed E-state index contributed by atoms with van der Waals surface area (Å²) < 4.78 is 0. The minimum atomic E-state index is -1.20. The standard InChI is InChI=1S/C12H14O5/c1-2-3-5-8-6-4-7-9(12(15)17-16)10(8)11(13)14/h4,6-7,16H,2-3,5H2,1H3,(H,13,14). The molecule has 17 heavy (non-hydrogen) atoms. The molecule has 92 valence electrons. The van der Waals surface area contributed by atoms with Crippen LogP contribution in [0.25, 0.3) is 0 Å². The fraction of sp³-hybridized carbons (Fsp3) is 0.333. The minimum Gasteiger partial charge on any atom is -0.478 e. The number of unbranched alkanes of at least 4 members (excludes halogenated alkanes) is 1. The maximum atomic E-state index is 11.2. The van der Waals surface area contributed by atoms with Gasteiger partial charge in [-0.05, 0) is 24.5 Å². The van der Waals surface area contributed by atoms with Gasteiger partial charge in [0.1, 0.15) is 0 Å². The summed E-state index contributed by atoms with van der Waals surface area (Å²) in [5.74, 6) is -2.25. The van der Waals surface area contributed by atoms with Gasteiger partial charge >= 0.3 is 11.9 Å². The second-order valence-electron chi connectivity index (χ2n) is 3.63. The summed E-state index contributed by atoms with van der Waals surface area (Å²) >= 11 is 0. The zero-order valence-electron chi connectivity index (χ0n) is 9.47. The number of carbonyl (C=O) groups is 2. The van der Waals surface area contributed by atoms with Crippen LogP contribution in [0.15, 0.2) is 18.2 Å². The van der Waals surface area contributed by atoms with Gasteiger partial charge < -0.3 is 5.11 Å². The van der Waals surface area contributed by atoms with Crippen molar-refractivity contribution >= 4 is 11.9 Å². The fourth-order valence-electron chi connectivity index (χ4n) is 1.65. The minimum absolute atomic E-state index is 0.0972. The average molecular weight is 238 g/mol. The normalized spacial score (nSPS) is 10.0. The molecule has 0 heterocycles. The summed E-state index contributed by atoms with van der Waals surface area (Å²) in [5, 5.41) is 17.4. The smallest absolute Gasteiger partial charge is 0.373 e. The van der Waals surface area contributed by atoms with Crippen molar-refractivity contribution in [2.45, 2.75) is 26.2 Å². The second kappa shape index (κ2) is 6.00. The van der Waals surface area contributed by atoms with Crippen molar-refractivity contribution in [3.05, 3.63) is 34.9 Å². The fourth-order valence-corrected chi connectivity index (χ4v) is 1.65. The Hall–Kier alpha value is -1.88. The molecule has 1 aromatic rings. The quantitative estimate of drug-likeness (QED) is 0.607. The Morgan fingerprint density at radius 3 is 2.59 bits per heavy atom. The Morgan fingerprint density at radius 1 is 1.35 bits per heavy atom. The number of hydrogen-bond donors (Lipinski definition) is 2. The van der Waals surface area contributed by atoms with Gasteiger partial charge in [0.2, 0.25) is 0 Å². The van der Waals surface area contributed by atoms with Gasteiger partial charge in [-0.3, -0.25) is 4.89 Å². The number of aryl methyl sites for hydroxylation is 1. The van der Waals surface area contributed by atoms with E-state index in [9.17, 15) is 9.59 Å². The summed E-state index contributed by atoms with van der Waals surface area (Å²) in [4.78, 5) is 26.0. The van der Waals surface area contributed by atoms with Crippen molar-refractivity contribution in [1.82, 2.24) is 0 Å². The lowest BCUT2D eigenvalue weighted by Gasteiger charge is -2.08. The Balaban J connectivity index is 3.22. The molecule has 1 rings (SSSR count). The first-order chi connectivity index (χ1) is 8.11. The van der Waals surface area contributed by atoms with Crippen LogP contribution in [0.1, 0.15) is 46.0 Å². The molecular formula is C12H14O5. The van der Waals surface area contributed by atoms with E-state index in [0.717, 1.165) is 12.8 Å². The molecule has 0 bridgehead atoms. The largest absolute Gasteiger partial charge is 0.478 e. The van der Waals surface area contributed by atoms with E-state index in [0.29, 0.717) is 12.0 Å². The van der Waals surface area contributed by atoms with E-state index in [1.54, 1.807) is 12.1 Å². The summed E-state index contributed by atoms with van der Waals surface area (Å²) in [7, 11) is 0. The van der Waals surface area contributed by atoms with Crippen molar-refractivity contribution < 1.29 is 24.8 Å². The highest BCUT2D eigenvalue weighted by atomic mass is 17.1. The van der Waals surface area contributed by atoms with Gasteiger partial charge in [-0.2, -0.15) is 5.26 Å². The number of carbonyl (C=O) groups excluding carboxylic acids is 1. The molecule has 0 aliphatic rings. The lowest BCUT2D eigenvalue weighted by atomic mass is 9.97. The van der Waals surface area contributed by atoms with Crippen LogP contribution in [0.2, 0.25) is 0 Å². The van der Waals surface area contributed by atoms with E-state index < -0.39 is 11.9 Å². The number of aromatic carboxylic acids is 1. The summed E-state index contributed by atoms with van der Waals surface area (Å²) in [6.45, 7) is 1.99. The molecule has 0 spiro atoms. The van der Waals surface area contributed by atoms with Crippen LogP contribution in [0.5, 0.6) is 0 Å². The molecule has 2 N–H and O–H groups in total. The zero-order valence-corrected chi connectivity index (χ0v) is 9.47. The molecule has 0 aromatic heterocycles. The van der Waals surface area contributed by atoms with E-state index in [1.165, 1.54) is 6.07 Å².